The highest BCUT2D eigenvalue weighted by Crippen LogP contribution is 2.27. The number of hydrogen-bond acceptors (Lipinski definition) is 4. The van der Waals surface area contributed by atoms with Gasteiger partial charge in [0.1, 0.15) is 12.4 Å². The molecule has 0 saturated heterocycles. The van der Waals surface area contributed by atoms with Crippen LogP contribution in [0.1, 0.15) is 22.0 Å². The van der Waals surface area contributed by atoms with E-state index in [2.05, 4.69) is 11.3 Å². The number of methoxy groups -OCH3 is 1. The van der Waals surface area contributed by atoms with Crippen molar-refractivity contribution in [2.75, 3.05) is 7.11 Å². The Morgan fingerprint density at radius 2 is 1.82 bits per heavy atom. The van der Waals surface area contributed by atoms with Crippen molar-refractivity contribution in [1.82, 2.24) is 0 Å². The third-order valence-corrected chi connectivity index (χ3v) is 3.34. The molecule has 0 aromatic heterocycles. The maximum atomic E-state index is 11.4. The molecule has 0 radical (unpaired) electrons. The lowest BCUT2D eigenvalue weighted by Crippen LogP contribution is -2.12. The van der Waals surface area contributed by atoms with Gasteiger partial charge in [-0.3, -0.25) is 4.79 Å². The molecule has 112 valence electrons. The molecule has 0 aliphatic rings. The topological polar surface area (TPSA) is 63.6 Å². The molecule has 0 bridgehead atoms. The molecule has 2 rings (SSSR count). The van der Waals surface area contributed by atoms with Gasteiger partial charge in [0.15, 0.2) is 0 Å². The van der Waals surface area contributed by atoms with E-state index in [-0.39, 0.29) is 5.57 Å². The first-order chi connectivity index (χ1) is 10.6. The largest absolute Gasteiger partial charge is 0.466 e. The summed E-state index contributed by atoms with van der Waals surface area (Å²) in [5, 5.41) is 10.2. The average Bonchev–Trinajstić information content (AvgIpc) is 2.59. The first-order valence-corrected chi connectivity index (χ1v) is 6.67. The van der Waals surface area contributed by atoms with Crippen LogP contribution in [0.3, 0.4) is 0 Å². The zero-order valence-corrected chi connectivity index (χ0v) is 12.2. The molecule has 0 spiro atoms. The van der Waals surface area contributed by atoms with Crippen LogP contribution in [0.4, 0.5) is 0 Å². The van der Waals surface area contributed by atoms with Crippen LogP contribution in [0, 0.1) is 0 Å². The molecule has 0 heterocycles. The van der Waals surface area contributed by atoms with Crippen LogP contribution in [0.5, 0.6) is 0 Å². The fourth-order valence-corrected chi connectivity index (χ4v) is 2.12. The first-order valence-electron chi connectivity index (χ1n) is 6.67. The lowest BCUT2D eigenvalue weighted by Gasteiger charge is -2.13. The van der Waals surface area contributed by atoms with Crippen molar-refractivity contribution < 1.29 is 19.4 Å². The zero-order valence-electron chi connectivity index (χ0n) is 12.2. The van der Waals surface area contributed by atoms with Gasteiger partial charge in [-0.25, -0.2) is 4.79 Å². The van der Waals surface area contributed by atoms with Gasteiger partial charge in [0.05, 0.1) is 12.7 Å². The molecule has 4 nitrogen and oxygen atoms in total. The monoisotopic (exact) mass is 296 g/mol. The second-order valence-corrected chi connectivity index (χ2v) is 4.79. The van der Waals surface area contributed by atoms with Crippen molar-refractivity contribution in [3.8, 4) is 11.1 Å². The van der Waals surface area contributed by atoms with Crippen LogP contribution in [0.25, 0.3) is 11.1 Å². The van der Waals surface area contributed by atoms with E-state index in [1.165, 1.54) is 7.11 Å². The van der Waals surface area contributed by atoms with Crippen LogP contribution in [-0.4, -0.2) is 24.5 Å². The number of carbonyl (C=O) groups is 2. The minimum atomic E-state index is -1.14. The summed E-state index contributed by atoms with van der Waals surface area (Å²) in [5.41, 5.74) is 2.76. The number of hydrogen-bond donors (Lipinski definition) is 1. The maximum absolute atomic E-state index is 11.4. The van der Waals surface area contributed by atoms with E-state index in [9.17, 15) is 14.7 Å². The highest BCUT2D eigenvalue weighted by atomic mass is 16.5. The van der Waals surface area contributed by atoms with E-state index < -0.39 is 12.1 Å². The molecule has 1 unspecified atom stereocenters. The average molecular weight is 296 g/mol. The number of ether oxygens (including phenoxy) is 1. The SMILES string of the molecule is C=C(C(=O)OC)C(O)c1cccc(-c2cccc(C=O)c2)c1. The van der Waals surface area contributed by atoms with Gasteiger partial charge in [-0.15, -0.1) is 0 Å². The van der Waals surface area contributed by atoms with E-state index in [0.29, 0.717) is 11.1 Å². The summed E-state index contributed by atoms with van der Waals surface area (Å²) in [6, 6.07) is 14.2. The summed E-state index contributed by atoms with van der Waals surface area (Å²) >= 11 is 0. The molecule has 4 heteroatoms. The Morgan fingerprint density at radius 3 is 2.45 bits per heavy atom. The number of esters is 1. The molecule has 0 amide bonds. The summed E-state index contributed by atoms with van der Waals surface area (Å²) in [5.74, 6) is -0.652. The van der Waals surface area contributed by atoms with Gasteiger partial charge < -0.3 is 9.84 Å². The fourth-order valence-electron chi connectivity index (χ4n) is 2.12. The Kier molecular flexibility index (Phi) is 4.86. The van der Waals surface area contributed by atoms with Crippen molar-refractivity contribution in [3.05, 3.63) is 71.8 Å². The van der Waals surface area contributed by atoms with Crippen molar-refractivity contribution >= 4 is 12.3 Å². The number of carbonyl (C=O) groups excluding carboxylic acids is 2. The van der Waals surface area contributed by atoms with Gasteiger partial charge in [0, 0.05) is 5.56 Å². The first kappa shape index (κ1) is 15.7. The summed E-state index contributed by atoms with van der Waals surface area (Å²) in [7, 11) is 1.24. The molecule has 0 aliphatic carbocycles. The zero-order chi connectivity index (χ0) is 16.1. The van der Waals surface area contributed by atoms with Crippen LogP contribution in [-0.2, 0) is 9.53 Å². The van der Waals surface area contributed by atoms with E-state index in [0.717, 1.165) is 17.4 Å². The third-order valence-electron chi connectivity index (χ3n) is 3.34. The number of aliphatic hydroxyl groups is 1. The van der Waals surface area contributed by atoms with Gasteiger partial charge in [-0.1, -0.05) is 43.0 Å². The van der Waals surface area contributed by atoms with Gasteiger partial charge in [0.25, 0.3) is 0 Å². The molecule has 2 aromatic rings. The standard InChI is InChI=1S/C18H16O4/c1-12(18(21)22-2)17(20)16-8-4-7-15(10-16)14-6-3-5-13(9-14)11-19/h3-11,17,20H,1H2,2H3. The highest BCUT2D eigenvalue weighted by molar-refractivity contribution is 5.89. The molecule has 0 fully saturated rings. The Bertz CT molecular complexity index is 719. The Balaban J connectivity index is 2.35. The van der Waals surface area contributed by atoms with Crippen LogP contribution < -0.4 is 0 Å². The third kappa shape index (κ3) is 3.30. The Labute approximate surface area is 128 Å². The van der Waals surface area contributed by atoms with E-state index in [1.807, 2.05) is 12.1 Å². The molecule has 1 atom stereocenters. The van der Waals surface area contributed by atoms with E-state index in [1.54, 1.807) is 36.4 Å². The predicted octanol–water partition coefficient (Wildman–Crippen LogP) is 2.93. The molecule has 22 heavy (non-hydrogen) atoms. The second kappa shape index (κ2) is 6.83. The normalized spacial score (nSPS) is 11.5. The van der Waals surface area contributed by atoms with Crippen molar-refractivity contribution in [2.45, 2.75) is 6.10 Å². The quantitative estimate of drug-likeness (QED) is 0.523. The summed E-state index contributed by atoms with van der Waals surface area (Å²) < 4.78 is 4.56. The lowest BCUT2D eigenvalue weighted by molar-refractivity contribution is -0.137. The fraction of sp³-hybridized carbons (Fsp3) is 0.111. The van der Waals surface area contributed by atoms with Crippen molar-refractivity contribution in [3.63, 3.8) is 0 Å². The van der Waals surface area contributed by atoms with Crippen LogP contribution >= 0.6 is 0 Å². The van der Waals surface area contributed by atoms with Gasteiger partial charge in [-0.05, 0) is 28.8 Å². The maximum Gasteiger partial charge on any atom is 0.336 e. The highest BCUT2D eigenvalue weighted by Gasteiger charge is 2.19. The number of aldehydes is 1. The molecule has 2 aromatic carbocycles. The minimum Gasteiger partial charge on any atom is -0.466 e. The number of aliphatic hydroxyl groups excluding tert-OH is 1. The molecule has 1 N–H and O–H groups in total. The Hall–Kier alpha value is -2.72. The smallest absolute Gasteiger partial charge is 0.336 e. The lowest BCUT2D eigenvalue weighted by atomic mass is 9.97. The molecular weight excluding hydrogens is 280 g/mol. The van der Waals surface area contributed by atoms with Gasteiger partial charge >= 0.3 is 5.97 Å². The van der Waals surface area contributed by atoms with Crippen molar-refractivity contribution in [1.29, 1.82) is 0 Å². The summed E-state index contributed by atoms with van der Waals surface area (Å²) in [6.45, 7) is 3.56. The van der Waals surface area contributed by atoms with E-state index >= 15 is 0 Å². The van der Waals surface area contributed by atoms with Gasteiger partial charge in [-0.2, -0.15) is 0 Å². The second-order valence-electron chi connectivity index (χ2n) is 4.79. The molecule has 0 saturated carbocycles. The molecule has 0 aliphatic heterocycles. The van der Waals surface area contributed by atoms with E-state index in [4.69, 9.17) is 0 Å². The van der Waals surface area contributed by atoms with Crippen LogP contribution in [0.15, 0.2) is 60.7 Å². The Morgan fingerprint density at radius 1 is 1.18 bits per heavy atom. The minimum absolute atomic E-state index is 0.0266. The van der Waals surface area contributed by atoms with Crippen molar-refractivity contribution in [2.24, 2.45) is 0 Å². The number of benzene rings is 2. The number of rotatable bonds is 5. The predicted molar refractivity (Wildman–Crippen MR) is 83.4 cm³/mol. The summed E-state index contributed by atoms with van der Waals surface area (Å²) in [6.07, 6.45) is -0.358. The summed E-state index contributed by atoms with van der Waals surface area (Å²) in [4.78, 5) is 22.3. The van der Waals surface area contributed by atoms with Gasteiger partial charge in [0.2, 0.25) is 0 Å². The molecular formula is C18H16O4. The van der Waals surface area contributed by atoms with Crippen LogP contribution in [0.2, 0.25) is 0 Å².